The lowest BCUT2D eigenvalue weighted by Gasteiger charge is -2.56. The zero-order valence-electron chi connectivity index (χ0n) is 14.2. The van der Waals surface area contributed by atoms with Gasteiger partial charge < -0.3 is 9.64 Å². The van der Waals surface area contributed by atoms with Crippen LogP contribution in [-0.4, -0.2) is 35.0 Å². The van der Waals surface area contributed by atoms with Gasteiger partial charge in [-0.1, -0.05) is 6.07 Å². The molecule has 4 bridgehead atoms. The molecule has 5 aliphatic rings. The minimum Gasteiger partial charge on any atom is -0.472 e. The first-order chi connectivity index (χ1) is 11.7. The Labute approximate surface area is 143 Å². The highest BCUT2D eigenvalue weighted by Crippen LogP contribution is 2.60. The van der Waals surface area contributed by atoms with Crippen LogP contribution in [0.3, 0.4) is 0 Å². The van der Waals surface area contributed by atoms with E-state index in [-0.39, 0.29) is 11.5 Å². The highest BCUT2D eigenvalue weighted by atomic mass is 16.5. The molecular weight excluding hydrogens is 300 g/mol. The molecule has 0 spiro atoms. The van der Waals surface area contributed by atoms with Crippen molar-refractivity contribution in [1.82, 2.24) is 9.88 Å². The summed E-state index contributed by atoms with van der Waals surface area (Å²) in [5.74, 6) is 3.58. The normalized spacial score (nSPS) is 40.1. The number of hydrogen-bond acceptors (Lipinski definition) is 3. The second-order valence-corrected chi connectivity index (χ2v) is 8.65. The summed E-state index contributed by atoms with van der Waals surface area (Å²) in [6.45, 7) is 1.58. The maximum Gasteiger partial charge on any atom is 0.228 e. The van der Waals surface area contributed by atoms with E-state index in [4.69, 9.17) is 4.74 Å². The van der Waals surface area contributed by atoms with Crippen LogP contribution in [0, 0.1) is 23.2 Å². The Morgan fingerprint density at radius 2 is 1.83 bits per heavy atom. The average molecular weight is 326 g/mol. The fourth-order valence-electron chi connectivity index (χ4n) is 6.30. The highest BCUT2D eigenvalue weighted by Gasteiger charge is 2.56. The van der Waals surface area contributed by atoms with E-state index in [1.54, 1.807) is 6.20 Å². The zero-order valence-corrected chi connectivity index (χ0v) is 14.2. The van der Waals surface area contributed by atoms with Gasteiger partial charge in [-0.2, -0.15) is 0 Å². The van der Waals surface area contributed by atoms with Crippen molar-refractivity contribution in [2.45, 2.75) is 51.0 Å². The third kappa shape index (κ3) is 2.42. The fraction of sp³-hybridized carbons (Fsp3) is 0.700. The molecule has 6 rings (SSSR count). The monoisotopic (exact) mass is 326 g/mol. The van der Waals surface area contributed by atoms with E-state index >= 15 is 0 Å². The SMILES string of the molecule is O=C(N1CCC(Oc2ccccn2)C1)C12CC3CC(CC(C3)C1)C2. The number of nitrogens with zero attached hydrogens (tertiary/aromatic N) is 2. The van der Waals surface area contributed by atoms with Crippen LogP contribution in [0.25, 0.3) is 0 Å². The van der Waals surface area contributed by atoms with Gasteiger partial charge in [0.25, 0.3) is 0 Å². The summed E-state index contributed by atoms with van der Waals surface area (Å²) < 4.78 is 5.97. The maximum atomic E-state index is 13.4. The predicted molar refractivity (Wildman–Crippen MR) is 90.5 cm³/mol. The number of rotatable bonds is 3. The Hall–Kier alpha value is -1.58. The van der Waals surface area contributed by atoms with Crippen molar-refractivity contribution in [3.63, 3.8) is 0 Å². The molecule has 1 aromatic rings. The first-order valence-electron chi connectivity index (χ1n) is 9.57. The molecule has 1 unspecified atom stereocenters. The van der Waals surface area contributed by atoms with E-state index in [0.29, 0.717) is 11.8 Å². The van der Waals surface area contributed by atoms with Crippen molar-refractivity contribution in [3.8, 4) is 5.88 Å². The van der Waals surface area contributed by atoms with Crippen LogP contribution < -0.4 is 4.74 Å². The van der Waals surface area contributed by atoms with E-state index in [1.165, 1.54) is 19.3 Å². The number of amides is 1. The van der Waals surface area contributed by atoms with Crippen LogP contribution in [0.4, 0.5) is 0 Å². The van der Waals surface area contributed by atoms with Crippen LogP contribution in [-0.2, 0) is 4.79 Å². The number of carbonyl (C=O) groups is 1. The van der Waals surface area contributed by atoms with Crippen LogP contribution in [0.15, 0.2) is 24.4 Å². The third-order valence-electron chi connectivity index (χ3n) is 6.85. The van der Waals surface area contributed by atoms with Crippen molar-refractivity contribution in [3.05, 3.63) is 24.4 Å². The summed E-state index contributed by atoms with van der Waals surface area (Å²) in [5.41, 5.74) is -0.0192. The lowest BCUT2D eigenvalue weighted by Crippen LogP contribution is -2.54. The number of hydrogen-bond donors (Lipinski definition) is 0. The number of ether oxygens (including phenoxy) is 1. The van der Waals surface area contributed by atoms with Gasteiger partial charge in [-0.25, -0.2) is 4.98 Å². The number of aromatic nitrogens is 1. The molecule has 1 aromatic heterocycles. The van der Waals surface area contributed by atoms with Gasteiger partial charge in [0.2, 0.25) is 11.8 Å². The first kappa shape index (κ1) is 14.7. The molecule has 4 nitrogen and oxygen atoms in total. The van der Waals surface area contributed by atoms with Gasteiger partial charge in [-0.3, -0.25) is 4.79 Å². The zero-order chi connectivity index (χ0) is 16.1. The summed E-state index contributed by atoms with van der Waals surface area (Å²) in [6.07, 6.45) is 10.4. The van der Waals surface area contributed by atoms with E-state index < -0.39 is 0 Å². The Bertz CT molecular complexity index is 595. The van der Waals surface area contributed by atoms with E-state index in [0.717, 1.165) is 56.5 Å². The lowest BCUT2D eigenvalue weighted by atomic mass is 9.49. The van der Waals surface area contributed by atoms with E-state index in [9.17, 15) is 4.79 Å². The Morgan fingerprint density at radius 3 is 2.46 bits per heavy atom. The topological polar surface area (TPSA) is 42.4 Å². The molecule has 1 saturated heterocycles. The minimum absolute atomic E-state index is 0.0192. The van der Waals surface area contributed by atoms with E-state index in [2.05, 4.69) is 9.88 Å². The molecule has 1 amide bonds. The predicted octanol–water partition coefficient (Wildman–Crippen LogP) is 3.28. The molecule has 0 radical (unpaired) electrons. The van der Waals surface area contributed by atoms with Gasteiger partial charge >= 0.3 is 0 Å². The summed E-state index contributed by atoms with van der Waals surface area (Å²) in [5, 5.41) is 0. The lowest BCUT2D eigenvalue weighted by molar-refractivity contribution is -0.156. The van der Waals surface area contributed by atoms with E-state index in [1.807, 2.05) is 18.2 Å². The third-order valence-corrected chi connectivity index (χ3v) is 6.85. The average Bonchev–Trinajstić information content (AvgIpc) is 3.02. The maximum absolute atomic E-state index is 13.4. The summed E-state index contributed by atoms with van der Waals surface area (Å²) in [7, 11) is 0. The molecule has 4 heteroatoms. The van der Waals surface area contributed by atoms with Crippen LogP contribution in [0.2, 0.25) is 0 Å². The van der Waals surface area contributed by atoms with Crippen molar-refractivity contribution in [2.75, 3.05) is 13.1 Å². The molecule has 5 fully saturated rings. The van der Waals surface area contributed by atoms with Crippen LogP contribution in [0.1, 0.15) is 44.9 Å². The Morgan fingerprint density at radius 1 is 1.12 bits per heavy atom. The molecule has 4 saturated carbocycles. The number of carbonyl (C=O) groups excluding carboxylic acids is 1. The fourth-order valence-corrected chi connectivity index (χ4v) is 6.30. The number of pyridine rings is 1. The van der Waals surface area contributed by atoms with Crippen molar-refractivity contribution in [2.24, 2.45) is 23.2 Å². The van der Waals surface area contributed by atoms with Gasteiger partial charge in [0, 0.05) is 25.2 Å². The van der Waals surface area contributed by atoms with Gasteiger partial charge in [-0.05, 0) is 62.3 Å². The van der Waals surface area contributed by atoms with Gasteiger partial charge in [0.05, 0.1) is 12.0 Å². The van der Waals surface area contributed by atoms with Crippen LogP contribution in [0.5, 0.6) is 5.88 Å². The van der Waals surface area contributed by atoms with Crippen molar-refractivity contribution in [1.29, 1.82) is 0 Å². The molecule has 128 valence electrons. The molecule has 4 aliphatic carbocycles. The quantitative estimate of drug-likeness (QED) is 0.856. The molecule has 1 atom stereocenters. The largest absolute Gasteiger partial charge is 0.472 e. The summed E-state index contributed by atoms with van der Waals surface area (Å²) in [4.78, 5) is 19.7. The van der Waals surface area contributed by atoms with Gasteiger partial charge in [0.15, 0.2) is 0 Å². The molecule has 0 N–H and O–H groups in total. The van der Waals surface area contributed by atoms with Crippen molar-refractivity contribution < 1.29 is 9.53 Å². The molecule has 24 heavy (non-hydrogen) atoms. The molecular formula is C20H26N2O2. The highest BCUT2D eigenvalue weighted by molar-refractivity contribution is 5.83. The Balaban J connectivity index is 1.27. The Kier molecular flexibility index (Phi) is 3.36. The summed E-state index contributed by atoms with van der Waals surface area (Å²) >= 11 is 0. The molecule has 1 aliphatic heterocycles. The minimum atomic E-state index is -0.0192. The first-order valence-corrected chi connectivity index (χ1v) is 9.57. The standard InChI is InChI=1S/C20H26N2O2/c23-19(20-10-14-7-15(11-20)9-16(8-14)12-20)22-6-4-17(13-22)24-18-3-1-2-5-21-18/h1-3,5,14-17H,4,6-13H2. The summed E-state index contributed by atoms with van der Waals surface area (Å²) in [6, 6.07) is 5.73. The molecule has 2 heterocycles. The molecule has 0 aromatic carbocycles. The smallest absolute Gasteiger partial charge is 0.228 e. The van der Waals surface area contributed by atoms with Gasteiger partial charge in [-0.15, -0.1) is 0 Å². The van der Waals surface area contributed by atoms with Crippen molar-refractivity contribution >= 4 is 5.91 Å². The number of likely N-dealkylation sites (tertiary alicyclic amines) is 1. The van der Waals surface area contributed by atoms with Crippen LogP contribution >= 0.6 is 0 Å². The van der Waals surface area contributed by atoms with Gasteiger partial charge in [0.1, 0.15) is 6.10 Å². The second kappa shape index (κ2) is 5.47. The second-order valence-electron chi connectivity index (χ2n) is 8.65.